The molecule has 4 heterocycles. The summed E-state index contributed by atoms with van der Waals surface area (Å²) >= 11 is 1.76. The Morgan fingerprint density at radius 1 is 1.27 bits per heavy atom. The van der Waals surface area contributed by atoms with Crippen LogP contribution in [0.3, 0.4) is 0 Å². The van der Waals surface area contributed by atoms with Gasteiger partial charge in [0.25, 0.3) is 0 Å². The molecule has 9 heteroatoms. The summed E-state index contributed by atoms with van der Waals surface area (Å²) in [4.78, 5) is 13.8. The third-order valence-corrected chi connectivity index (χ3v) is 7.94. The van der Waals surface area contributed by atoms with Crippen LogP contribution in [0.5, 0.6) is 5.75 Å². The van der Waals surface area contributed by atoms with Crippen molar-refractivity contribution in [3.8, 4) is 5.75 Å². The van der Waals surface area contributed by atoms with Crippen LogP contribution >= 0.6 is 11.8 Å². The van der Waals surface area contributed by atoms with E-state index >= 15 is 0 Å². The molecule has 0 radical (unpaired) electrons. The quantitative estimate of drug-likeness (QED) is 0.613. The molecule has 0 spiro atoms. The van der Waals surface area contributed by atoms with Crippen LogP contribution in [0.2, 0.25) is 0 Å². The molecule has 0 saturated heterocycles. The standard InChI is InChI=1S/C21H27N7OS/c1-10-8-24-15(11(2)17(10)29-3)9-28-19-16-14(27-28)7-13(22)18(12-5-4-6-12)30-20(16)26-21(23)25-19/h8,12-13,18H,4-7,9,22H2,1-3H3,(H2,23,25,26). The van der Waals surface area contributed by atoms with E-state index in [1.54, 1.807) is 18.9 Å². The normalized spacial score (nSPS) is 21.5. The van der Waals surface area contributed by atoms with Crippen molar-refractivity contribution in [2.45, 2.75) is 62.4 Å². The van der Waals surface area contributed by atoms with E-state index < -0.39 is 0 Å². The molecular weight excluding hydrogens is 398 g/mol. The molecule has 0 amide bonds. The second-order valence-electron chi connectivity index (χ2n) is 8.38. The number of hydrogen-bond donors (Lipinski definition) is 2. The maximum Gasteiger partial charge on any atom is 0.223 e. The van der Waals surface area contributed by atoms with Crippen molar-refractivity contribution in [2.75, 3.05) is 12.8 Å². The van der Waals surface area contributed by atoms with Crippen molar-refractivity contribution >= 4 is 28.7 Å². The van der Waals surface area contributed by atoms with Gasteiger partial charge in [-0.15, -0.1) is 11.8 Å². The molecule has 3 aromatic heterocycles. The minimum Gasteiger partial charge on any atom is -0.496 e. The smallest absolute Gasteiger partial charge is 0.223 e. The van der Waals surface area contributed by atoms with Crippen molar-refractivity contribution in [1.29, 1.82) is 0 Å². The predicted molar refractivity (Wildman–Crippen MR) is 118 cm³/mol. The summed E-state index contributed by atoms with van der Waals surface area (Å²) in [5.74, 6) is 1.78. The summed E-state index contributed by atoms with van der Waals surface area (Å²) < 4.78 is 7.44. The Morgan fingerprint density at radius 2 is 2.07 bits per heavy atom. The minimum absolute atomic E-state index is 0.0432. The van der Waals surface area contributed by atoms with E-state index in [4.69, 9.17) is 21.3 Å². The van der Waals surface area contributed by atoms with Gasteiger partial charge in [0.15, 0.2) is 5.65 Å². The average molecular weight is 426 g/mol. The molecule has 0 aromatic carbocycles. The van der Waals surface area contributed by atoms with Gasteiger partial charge < -0.3 is 16.2 Å². The van der Waals surface area contributed by atoms with E-state index in [-0.39, 0.29) is 12.0 Å². The van der Waals surface area contributed by atoms with E-state index in [9.17, 15) is 0 Å². The van der Waals surface area contributed by atoms with Gasteiger partial charge in [0, 0.05) is 35.0 Å². The highest BCUT2D eigenvalue weighted by Crippen LogP contribution is 2.44. The van der Waals surface area contributed by atoms with Crippen LogP contribution < -0.4 is 16.2 Å². The van der Waals surface area contributed by atoms with Crippen LogP contribution in [-0.4, -0.2) is 43.1 Å². The lowest BCUT2D eigenvalue weighted by molar-refractivity contribution is 0.285. The summed E-state index contributed by atoms with van der Waals surface area (Å²) in [6.45, 7) is 4.50. The highest BCUT2D eigenvalue weighted by molar-refractivity contribution is 8.00. The van der Waals surface area contributed by atoms with Crippen LogP contribution in [0.15, 0.2) is 11.2 Å². The number of nitrogen functional groups attached to an aromatic ring is 1. The zero-order valence-electron chi connectivity index (χ0n) is 17.6. The minimum atomic E-state index is 0.0432. The fraction of sp³-hybridized carbons (Fsp3) is 0.524. The fourth-order valence-corrected chi connectivity index (χ4v) is 6.07. The molecule has 1 saturated carbocycles. The molecule has 8 nitrogen and oxygen atoms in total. The van der Waals surface area contributed by atoms with E-state index in [0.29, 0.717) is 17.7 Å². The fourth-order valence-electron chi connectivity index (χ4n) is 4.61. The van der Waals surface area contributed by atoms with E-state index in [2.05, 4.69) is 15.0 Å². The summed E-state index contributed by atoms with van der Waals surface area (Å²) in [6, 6.07) is 0.0432. The van der Waals surface area contributed by atoms with Gasteiger partial charge in [-0.25, -0.2) is 9.67 Å². The lowest BCUT2D eigenvalue weighted by Gasteiger charge is -2.35. The van der Waals surface area contributed by atoms with Crippen molar-refractivity contribution in [2.24, 2.45) is 11.7 Å². The predicted octanol–water partition coefficient (Wildman–Crippen LogP) is 2.62. The molecule has 0 bridgehead atoms. The number of hydrogen-bond acceptors (Lipinski definition) is 8. The zero-order chi connectivity index (χ0) is 21.0. The van der Waals surface area contributed by atoms with Gasteiger partial charge >= 0.3 is 0 Å². The van der Waals surface area contributed by atoms with Crippen molar-refractivity contribution in [3.63, 3.8) is 0 Å². The zero-order valence-corrected chi connectivity index (χ0v) is 18.4. The first-order valence-corrected chi connectivity index (χ1v) is 11.3. The van der Waals surface area contributed by atoms with Gasteiger partial charge in [0.05, 0.1) is 30.4 Å². The first-order valence-electron chi connectivity index (χ1n) is 10.4. The number of nitrogens with zero attached hydrogens (tertiary/aromatic N) is 5. The highest BCUT2D eigenvalue weighted by atomic mass is 32.2. The van der Waals surface area contributed by atoms with Gasteiger partial charge in [-0.1, -0.05) is 6.42 Å². The Bertz CT molecular complexity index is 1120. The van der Waals surface area contributed by atoms with Crippen LogP contribution in [0.25, 0.3) is 11.0 Å². The first-order chi connectivity index (χ1) is 14.5. The number of anilines is 1. The Morgan fingerprint density at radius 3 is 2.77 bits per heavy atom. The van der Waals surface area contributed by atoms with E-state index in [1.807, 2.05) is 24.7 Å². The number of pyridine rings is 1. The molecule has 5 rings (SSSR count). The van der Waals surface area contributed by atoms with Crippen molar-refractivity contribution in [1.82, 2.24) is 24.7 Å². The van der Waals surface area contributed by atoms with Crippen molar-refractivity contribution < 1.29 is 4.74 Å². The second-order valence-corrected chi connectivity index (χ2v) is 9.54. The molecule has 3 aromatic rings. The lowest BCUT2D eigenvalue weighted by atomic mass is 9.80. The van der Waals surface area contributed by atoms with Gasteiger partial charge in [-0.2, -0.15) is 10.1 Å². The maximum absolute atomic E-state index is 6.64. The number of aromatic nitrogens is 5. The largest absolute Gasteiger partial charge is 0.496 e. The van der Waals surface area contributed by atoms with Crippen LogP contribution in [0, 0.1) is 19.8 Å². The van der Waals surface area contributed by atoms with Crippen LogP contribution in [0.1, 0.15) is 41.8 Å². The second kappa shape index (κ2) is 7.39. The van der Waals surface area contributed by atoms with E-state index in [1.165, 1.54) is 19.3 Å². The molecule has 2 atom stereocenters. The molecule has 1 aliphatic heterocycles. The van der Waals surface area contributed by atoms with Gasteiger partial charge in [-0.05, 0) is 32.6 Å². The summed E-state index contributed by atoms with van der Waals surface area (Å²) in [5, 5.41) is 7.16. The molecular formula is C21H27N7OS. The number of thioether (sulfide) groups is 1. The summed E-state index contributed by atoms with van der Waals surface area (Å²) in [6.07, 6.45) is 6.33. The molecule has 158 valence electrons. The molecule has 2 unspecified atom stereocenters. The third kappa shape index (κ3) is 3.11. The maximum atomic E-state index is 6.64. The average Bonchev–Trinajstić information content (AvgIpc) is 2.92. The molecule has 30 heavy (non-hydrogen) atoms. The number of methoxy groups -OCH3 is 1. The number of nitrogens with two attached hydrogens (primary N) is 2. The summed E-state index contributed by atoms with van der Waals surface area (Å²) in [5.41, 5.74) is 17.4. The molecule has 4 N–H and O–H groups in total. The van der Waals surface area contributed by atoms with Gasteiger partial charge in [-0.3, -0.25) is 4.98 Å². The Kier molecular flexibility index (Phi) is 4.82. The molecule has 1 fully saturated rings. The molecule has 2 aliphatic rings. The van der Waals surface area contributed by atoms with Crippen LogP contribution in [0.4, 0.5) is 5.95 Å². The van der Waals surface area contributed by atoms with Crippen molar-refractivity contribution in [3.05, 3.63) is 28.7 Å². The topological polar surface area (TPSA) is 118 Å². The SMILES string of the molecule is COc1c(C)cnc(Cn2nc3c4c(nc(N)nc42)SC(C2CCC2)C(N)C3)c1C. The Hall–Kier alpha value is -2.39. The van der Waals surface area contributed by atoms with E-state index in [0.717, 1.165) is 50.7 Å². The highest BCUT2D eigenvalue weighted by Gasteiger charge is 2.37. The first kappa shape index (κ1) is 19.6. The number of rotatable bonds is 4. The van der Waals surface area contributed by atoms with Gasteiger partial charge in [0.1, 0.15) is 10.8 Å². The Balaban J connectivity index is 1.59. The third-order valence-electron chi connectivity index (χ3n) is 6.41. The monoisotopic (exact) mass is 425 g/mol. The lowest BCUT2D eigenvalue weighted by Crippen LogP contribution is -2.41. The van der Waals surface area contributed by atoms with Crippen LogP contribution in [-0.2, 0) is 13.0 Å². The number of aryl methyl sites for hydroxylation is 1. The van der Waals surface area contributed by atoms with Gasteiger partial charge in [0.2, 0.25) is 5.95 Å². The number of ether oxygens (including phenoxy) is 1. The Labute approximate surface area is 179 Å². The summed E-state index contributed by atoms with van der Waals surface area (Å²) in [7, 11) is 1.68. The molecule has 1 aliphatic carbocycles.